The number of halogens is 1. The molecule has 3 heterocycles. The summed E-state index contributed by atoms with van der Waals surface area (Å²) in [5, 5.41) is 11.5. The van der Waals surface area contributed by atoms with Gasteiger partial charge in [0.1, 0.15) is 0 Å². The van der Waals surface area contributed by atoms with Crippen LogP contribution in [-0.2, 0) is 30.0 Å². The molecule has 1 aliphatic heterocycles. The average molecular weight is 609 g/mol. The van der Waals surface area contributed by atoms with Gasteiger partial charge >= 0.3 is 5.69 Å². The number of aryl methyl sites for hydroxylation is 3. The van der Waals surface area contributed by atoms with Gasteiger partial charge in [-0.3, -0.25) is 18.8 Å². The molecule has 0 aliphatic carbocycles. The van der Waals surface area contributed by atoms with E-state index in [1.807, 2.05) is 20.8 Å². The minimum Gasteiger partial charge on any atom is -0.390 e. The Bertz CT molecular complexity index is 1580. The first kappa shape index (κ1) is 31.4. The number of benzene rings is 1. The summed E-state index contributed by atoms with van der Waals surface area (Å²) in [5.41, 5.74) is 1.41. The molecular formula is C28H41ClN6O5S. The van der Waals surface area contributed by atoms with Crippen LogP contribution >= 0.6 is 11.6 Å². The van der Waals surface area contributed by atoms with E-state index >= 15 is 0 Å². The Balaban J connectivity index is 1.29. The number of imidazole rings is 1. The van der Waals surface area contributed by atoms with Gasteiger partial charge in [0, 0.05) is 51.3 Å². The van der Waals surface area contributed by atoms with Gasteiger partial charge in [0.2, 0.25) is 0 Å². The fourth-order valence-electron chi connectivity index (χ4n) is 5.42. The third kappa shape index (κ3) is 7.11. The van der Waals surface area contributed by atoms with Crippen LogP contribution in [0.25, 0.3) is 11.2 Å². The topological polar surface area (TPSA) is 123 Å². The van der Waals surface area contributed by atoms with Crippen molar-refractivity contribution >= 4 is 32.6 Å². The third-order valence-corrected chi connectivity index (χ3v) is 10.2. The van der Waals surface area contributed by atoms with E-state index in [1.54, 1.807) is 16.7 Å². The van der Waals surface area contributed by atoms with Crippen molar-refractivity contribution in [1.29, 1.82) is 0 Å². The SMILES string of the molecule is CCCCn1c(=O)n(C)c(=O)c2c1ncn2CC(O)CN1CCN(CCCS(=O)(=O)c2cc(C)c(Cl)c(C)c2)CC1. The van der Waals surface area contributed by atoms with E-state index in [-0.39, 0.29) is 18.0 Å². The molecule has 2 aromatic heterocycles. The van der Waals surface area contributed by atoms with Crippen LogP contribution in [-0.4, -0.2) is 93.1 Å². The zero-order valence-electron chi connectivity index (χ0n) is 24.3. The highest BCUT2D eigenvalue weighted by atomic mass is 35.5. The van der Waals surface area contributed by atoms with Gasteiger partial charge < -0.3 is 14.6 Å². The van der Waals surface area contributed by atoms with Crippen molar-refractivity contribution in [2.24, 2.45) is 7.05 Å². The Kier molecular flexibility index (Phi) is 10.1. The molecule has 11 nitrogen and oxygen atoms in total. The number of hydrogen-bond acceptors (Lipinski definition) is 8. The molecule has 1 fully saturated rings. The highest BCUT2D eigenvalue weighted by Crippen LogP contribution is 2.25. The van der Waals surface area contributed by atoms with Crippen molar-refractivity contribution in [2.45, 2.75) is 64.1 Å². The summed E-state index contributed by atoms with van der Waals surface area (Å²) >= 11 is 6.20. The third-order valence-electron chi connectivity index (χ3n) is 7.83. The molecule has 226 valence electrons. The maximum Gasteiger partial charge on any atom is 0.332 e. The van der Waals surface area contributed by atoms with Gasteiger partial charge in [-0.05, 0) is 56.5 Å². The van der Waals surface area contributed by atoms with E-state index < -0.39 is 21.5 Å². The molecular weight excluding hydrogens is 568 g/mol. The minimum atomic E-state index is -3.38. The molecule has 0 bridgehead atoms. The lowest BCUT2D eigenvalue weighted by Crippen LogP contribution is -2.49. The summed E-state index contributed by atoms with van der Waals surface area (Å²) in [6, 6.07) is 3.29. The van der Waals surface area contributed by atoms with E-state index in [9.17, 15) is 23.1 Å². The molecule has 1 saturated heterocycles. The van der Waals surface area contributed by atoms with Crippen molar-refractivity contribution in [3.63, 3.8) is 0 Å². The molecule has 0 spiro atoms. The number of aliphatic hydroxyl groups is 1. The standard InChI is InChI=1S/C28H41ClN6O5S/c1-5-6-9-35-26-25(27(37)31(4)28(35)38)34(19-30-26)18-22(36)17-33-12-10-32(11-13-33)8-7-14-41(39,40)23-15-20(2)24(29)21(3)16-23/h15-16,19,22,36H,5-14,17-18H2,1-4H3. The summed E-state index contributed by atoms with van der Waals surface area (Å²) in [6.45, 7) is 10.5. The van der Waals surface area contributed by atoms with Gasteiger partial charge in [0.25, 0.3) is 5.56 Å². The minimum absolute atomic E-state index is 0.0804. The predicted molar refractivity (Wildman–Crippen MR) is 161 cm³/mol. The summed E-state index contributed by atoms with van der Waals surface area (Å²) in [7, 11) is -1.92. The molecule has 4 rings (SSSR count). The van der Waals surface area contributed by atoms with E-state index in [4.69, 9.17) is 11.6 Å². The van der Waals surface area contributed by atoms with E-state index in [0.29, 0.717) is 47.1 Å². The van der Waals surface area contributed by atoms with Crippen molar-refractivity contribution in [2.75, 3.05) is 45.0 Å². The van der Waals surface area contributed by atoms with Crippen LogP contribution in [0.1, 0.15) is 37.3 Å². The first-order valence-electron chi connectivity index (χ1n) is 14.2. The molecule has 0 radical (unpaired) electrons. The molecule has 41 heavy (non-hydrogen) atoms. The van der Waals surface area contributed by atoms with Gasteiger partial charge in [0.15, 0.2) is 21.0 Å². The summed E-state index contributed by atoms with van der Waals surface area (Å²) in [6.07, 6.45) is 3.04. The van der Waals surface area contributed by atoms with Crippen molar-refractivity contribution in [3.05, 3.63) is 55.4 Å². The highest BCUT2D eigenvalue weighted by Gasteiger charge is 2.23. The smallest absolute Gasteiger partial charge is 0.332 e. The highest BCUT2D eigenvalue weighted by molar-refractivity contribution is 7.91. The van der Waals surface area contributed by atoms with Crippen LogP contribution in [0.3, 0.4) is 0 Å². The zero-order valence-corrected chi connectivity index (χ0v) is 25.9. The number of piperazine rings is 1. The van der Waals surface area contributed by atoms with Crippen LogP contribution in [0, 0.1) is 13.8 Å². The lowest BCUT2D eigenvalue weighted by atomic mass is 10.2. The number of hydrogen-bond donors (Lipinski definition) is 1. The van der Waals surface area contributed by atoms with Crippen molar-refractivity contribution < 1.29 is 13.5 Å². The lowest BCUT2D eigenvalue weighted by molar-refractivity contribution is 0.0650. The van der Waals surface area contributed by atoms with Gasteiger partial charge in [-0.1, -0.05) is 24.9 Å². The monoisotopic (exact) mass is 608 g/mol. The Morgan fingerprint density at radius 1 is 1.00 bits per heavy atom. The van der Waals surface area contributed by atoms with Gasteiger partial charge in [-0.15, -0.1) is 0 Å². The molecule has 1 aromatic carbocycles. The zero-order chi connectivity index (χ0) is 29.9. The van der Waals surface area contributed by atoms with E-state index in [1.165, 1.54) is 17.9 Å². The number of sulfone groups is 1. The number of fused-ring (bicyclic) bond motifs is 1. The average Bonchev–Trinajstić information content (AvgIpc) is 3.34. The Morgan fingerprint density at radius 2 is 1.63 bits per heavy atom. The molecule has 13 heteroatoms. The summed E-state index contributed by atoms with van der Waals surface area (Å²) < 4.78 is 30.0. The second-order valence-corrected chi connectivity index (χ2v) is 13.5. The van der Waals surface area contributed by atoms with Gasteiger partial charge in [-0.25, -0.2) is 18.2 Å². The molecule has 1 atom stereocenters. The van der Waals surface area contributed by atoms with Crippen molar-refractivity contribution in [1.82, 2.24) is 28.5 Å². The van der Waals surface area contributed by atoms with E-state index in [0.717, 1.165) is 54.7 Å². The molecule has 1 aliphatic rings. The first-order valence-corrected chi connectivity index (χ1v) is 16.2. The second-order valence-electron chi connectivity index (χ2n) is 11.1. The number of aliphatic hydroxyl groups excluding tert-OH is 1. The van der Waals surface area contributed by atoms with Crippen LogP contribution in [0.2, 0.25) is 5.02 Å². The number of β-amino-alcohol motifs (C(OH)–C–C–N with tert-alkyl or cyclic N) is 1. The number of nitrogens with zero attached hydrogens (tertiary/aromatic N) is 6. The van der Waals surface area contributed by atoms with E-state index in [2.05, 4.69) is 14.8 Å². The quantitative estimate of drug-likeness (QED) is 0.330. The first-order chi connectivity index (χ1) is 19.4. The maximum absolute atomic E-state index is 12.9. The molecule has 1 N–H and O–H groups in total. The Morgan fingerprint density at radius 3 is 2.27 bits per heavy atom. The number of aromatic nitrogens is 4. The Labute approximate surface area is 245 Å². The fraction of sp³-hybridized carbons (Fsp3) is 0.607. The summed E-state index contributed by atoms with van der Waals surface area (Å²) in [4.78, 5) is 34.6. The normalized spacial score (nSPS) is 16.0. The summed E-state index contributed by atoms with van der Waals surface area (Å²) in [5.74, 6) is 0.0804. The van der Waals surface area contributed by atoms with Crippen LogP contribution in [0.4, 0.5) is 0 Å². The molecule has 0 amide bonds. The molecule has 1 unspecified atom stereocenters. The predicted octanol–water partition coefficient (Wildman–Crippen LogP) is 1.81. The van der Waals surface area contributed by atoms with Crippen molar-refractivity contribution in [3.8, 4) is 0 Å². The Hall–Kier alpha value is -2.51. The second kappa shape index (κ2) is 13.2. The van der Waals surface area contributed by atoms with Crippen LogP contribution in [0.5, 0.6) is 0 Å². The lowest BCUT2D eigenvalue weighted by Gasteiger charge is -2.35. The number of rotatable bonds is 12. The fourth-order valence-corrected chi connectivity index (χ4v) is 6.99. The molecule has 0 saturated carbocycles. The maximum atomic E-state index is 12.9. The van der Waals surface area contributed by atoms with Crippen LogP contribution < -0.4 is 11.2 Å². The molecule has 3 aromatic rings. The number of unbranched alkanes of at least 4 members (excludes halogenated alkanes) is 1. The van der Waals surface area contributed by atoms with Crippen LogP contribution in [0.15, 0.2) is 32.9 Å². The van der Waals surface area contributed by atoms with Gasteiger partial charge in [-0.2, -0.15) is 0 Å². The largest absolute Gasteiger partial charge is 0.390 e. The van der Waals surface area contributed by atoms with Gasteiger partial charge in [0.05, 0.1) is 29.6 Å².